The molecule has 0 bridgehead atoms. The van der Waals surface area contributed by atoms with Crippen LogP contribution in [0.3, 0.4) is 0 Å². The highest BCUT2D eigenvalue weighted by Crippen LogP contribution is 2.22. The van der Waals surface area contributed by atoms with Crippen molar-refractivity contribution in [2.24, 2.45) is 0 Å². The number of carbonyl (C=O) groups is 1. The van der Waals surface area contributed by atoms with Crippen LogP contribution in [-0.4, -0.2) is 48.0 Å². The summed E-state index contributed by atoms with van der Waals surface area (Å²) in [6.07, 6.45) is 0.166. The van der Waals surface area contributed by atoms with Crippen LogP contribution in [0.25, 0.3) is 0 Å². The monoisotopic (exact) mass is 352 g/mol. The van der Waals surface area contributed by atoms with E-state index in [4.69, 9.17) is 4.74 Å². The van der Waals surface area contributed by atoms with E-state index in [1.165, 1.54) is 5.56 Å². The second kappa shape index (κ2) is 8.37. The zero-order valence-electron chi connectivity index (χ0n) is 15.9. The Bertz CT molecular complexity index is 749. The molecule has 26 heavy (non-hydrogen) atoms. The number of nitrogens with zero attached hydrogens (tertiary/aromatic N) is 2. The van der Waals surface area contributed by atoms with Gasteiger partial charge in [-0.25, -0.2) is 0 Å². The Labute approximate surface area is 156 Å². The highest BCUT2D eigenvalue weighted by molar-refractivity contribution is 5.95. The van der Waals surface area contributed by atoms with Crippen LogP contribution in [-0.2, 0) is 6.54 Å². The largest absolute Gasteiger partial charge is 0.491 e. The van der Waals surface area contributed by atoms with Gasteiger partial charge in [-0.3, -0.25) is 9.69 Å². The number of carbonyl (C=O) groups excluding carboxylic acids is 1. The van der Waals surface area contributed by atoms with E-state index in [1.807, 2.05) is 62.1 Å². The number of para-hydroxylation sites is 1. The van der Waals surface area contributed by atoms with Crippen LogP contribution in [0.4, 0.5) is 0 Å². The average molecular weight is 352 g/mol. The van der Waals surface area contributed by atoms with Gasteiger partial charge in [0, 0.05) is 43.9 Å². The van der Waals surface area contributed by atoms with Crippen molar-refractivity contribution in [3.63, 3.8) is 0 Å². The van der Waals surface area contributed by atoms with Crippen molar-refractivity contribution in [3.05, 3.63) is 65.2 Å². The molecule has 1 amide bonds. The quantitative estimate of drug-likeness (QED) is 0.822. The number of hydrogen-bond donors (Lipinski definition) is 0. The molecule has 1 aliphatic rings. The van der Waals surface area contributed by atoms with Gasteiger partial charge in [0.1, 0.15) is 5.75 Å². The minimum atomic E-state index is 0.145. The molecular weight excluding hydrogens is 324 g/mol. The predicted octanol–water partition coefficient (Wildman–Crippen LogP) is 3.74. The molecule has 0 aromatic heterocycles. The maximum atomic E-state index is 12.7. The van der Waals surface area contributed by atoms with Gasteiger partial charge >= 0.3 is 0 Å². The zero-order chi connectivity index (χ0) is 18.5. The fraction of sp³-hybridized carbons (Fsp3) is 0.409. The zero-order valence-corrected chi connectivity index (χ0v) is 15.9. The molecule has 138 valence electrons. The minimum absolute atomic E-state index is 0.145. The van der Waals surface area contributed by atoms with Gasteiger partial charge in [0.05, 0.1) is 6.10 Å². The summed E-state index contributed by atoms with van der Waals surface area (Å²) in [6, 6.07) is 16.1. The molecule has 3 rings (SSSR count). The van der Waals surface area contributed by atoms with Crippen molar-refractivity contribution in [2.45, 2.75) is 33.4 Å². The molecule has 4 nitrogen and oxygen atoms in total. The van der Waals surface area contributed by atoms with E-state index >= 15 is 0 Å². The van der Waals surface area contributed by atoms with Gasteiger partial charge in [0.2, 0.25) is 0 Å². The summed E-state index contributed by atoms with van der Waals surface area (Å²) in [6.45, 7) is 10.2. The van der Waals surface area contributed by atoms with E-state index in [0.29, 0.717) is 0 Å². The highest BCUT2D eigenvalue weighted by Gasteiger charge is 2.23. The lowest BCUT2D eigenvalue weighted by molar-refractivity contribution is 0.0626. The number of aryl methyl sites for hydroxylation is 1. The Balaban J connectivity index is 1.59. The summed E-state index contributed by atoms with van der Waals surface area (Å²) < 4.78 is 5.93. The van der Waals surface area contributed by atoms with Crippen LogP contribution in [0.2, 0.25) is 0 Å². The number of amides is 1. The van der Waals surface area contributed by atoms with Crippen molar-refractivity contribution in [1.82, 2.24) is 9.80 Å². The van der Waals surface area contributed by atoms with E-state index < -0.39 is 0 Å². The van der Waals surface area contributed by atoms with Crippen LogP contribution < -0.4 is 4.74 Å². The molecule has 0 unspecified atom stereocenters. The molecule has 4 heteroatoms. The lowest BCUT2D eigenvalue weighted by atomic mass is 10.1. The fourth-order valence-corrected chi connectivity index (χ4v) is 3.34. The molecule has 1 saturated heterocycles. The van der Waals surface area contributed by atoms with Crippen LogP contribution >= 0.6 is 0 Å². The van der Waals surface area contributed by atoms with Crippen molar-refractivity contribution >= 4 is 5.91 Å². The third-order valence-electron chi connectivity index (χ3n) is 4.76. The molecule has 0 saturated carbocycles. The molecule has 0 atom stereocenters. The maximum Gasteiger partial charge on any atom is 0.254 e. The van der Waals surface area contributed by atoms with Gasteiger partial charge in [-0.2, -0.15) is 0 Å². The average Bonchev–Trinajstić information content (AvgIpc) is 2.63. The Morgan fingerprint density at radius 1 is 1.00 bits per heavy atom. The SMILES string of the molecule is Cc1ccccc1C(=O)N1CCN(Cc2ccccc2OC(C)C)CC1. The Hall–Kier alpha value is -2.33. The van der Waals surface area contributed by atoms with E-state index in [-0.39, 0.29) is 12.0 Å². The Kier molecular flexibility index (Phi) is 5.94. The van der Waals surface area contributed by atoms with E-state index in [1.54, 1.807) is 0 Å². The summed E-state index contributed by atoms with van der Waals surface area (Å²) in [5.41, 5.74) is 3.07. The van der Waals surface area contributed by atoms with Crippen LogP contribution in [0, 0.1) is 6.92 Å². The molecule has 0 spiro atoms. The third kappa shape index (κ3) is 4.44. The van der Waals surface area contributed by atoms with Crippen molar-refractivity contribution in [1.29, 1.82) is 0 Å². The molecule has 1 aliphatic heterocycles. The van der Waals surface area contributed by atoms with Gasteiger partial charge in [-0.15, -0.1) is 0 Å². The summed E-state index contributed by atoms with van der Waals surface area (Å²) in [4.78, 5) is 17.1. The minimum Gasteiger partial charge on any atom is -0.491 e. The maximum absolute atomic E-state index is 12.7. The second-order valence-electron chi connectivity index (χ2n) is 7.16. The number of piperazine rings is 1. The number of rotatable bonds is 5. The van der Waals surface area contributed by atoms with Crippen molar-refractivity contribution in [3.8, 4) is 5.75 Å². The molecule has 1 fully saturated rings. The molecule has 0 N–H and O–H groups in total. The highest BCUT2D eigenvalue weighted by atomic mass is 16.5. The van der Waals surface area contributed by atoms with Gasteiger partial charge in [0.15, 0.2) is 0 Å². The lowest BCUT2D eigenvalue weighted by Gasteiger charge is -2.35. The molecule has 0 aliphatic carbocycles. The smallest absolute Gasteiger partial charge is 0.254 e. The number of hydrogen-bond acceptors (Lipinski definition) is 3. The summed E-state index contributed by atoms with van der Waals surface area (Å²) in [5.74, 6) is 1.10. The number of benzene rings is 2. The van der Waals surface area contributed by atoms with Gasteiger partial charge < -0.3 is 9.64 Å². The lowest BCUT2D eigenvalue weighted by Crippen LogP contribution is -2.48. The van der Waals surface area contributed by atoms with Crippen molar-refractivity contribution < 1.29 is 9.53 Å². The molecule has 0 radical (unpaired) electrons. The molecule has 2 aromatic carbocycles. The third-order valence-corrected chi connectivity index (χ3v) is 4.76. The first kappa shape index (κ1) is 18.5. The summed E-state index contributed by atoms with van der Waals surface area (Å²) in [7, 11) is 0. The van der Waals surface area contributed by atoms with Gasteiger partial charge in [0.25, 0.3) is 5.91 Å². The standard InChI is InChI=1S/C22H28N2O2/c1-17(2)26-21-11-7-5-9-19(21)16-23-12-14-24(15-13-23)22(25)20-10-6-4-8-18(20)3/h4-11,17H,12-16H2,1-3H3. The van der Waals surface area contributed by atoms with E-state index in [9.17, 15) is 4.79 Å². The predicted molar refractivity (Wildman–Crippen MR) is 105 cm³/mol. The first-order valence-corrected chi connectivity index (χ1v) is 9.36. The van der Waals surface area contributed by atoms with Crippen LogP contribution in [0.5, 0.6) is 5.75 Å². The van der Waals surface area contributed by atoms with Gasteiger partial charge in [-0.05, 0) is 38.5 Å². The van der Waals surface area contributed by atoms with Crippen LogP contribution in [0.15, 0.2) is 48.5 Å². The molecule has 2 aromatic rings. The first-order chi connectivity index (χ1) is 12.5. The Morgan fingerprint density at radius 2 is 1.65 bits per heavy atom. The van der Waals surface area contributed by atoms with E-state index in [0.717, 1.165) is 49.6 Å². The summed E-state index contributed by atoms with van der Waals surface area (Å²) in [5, 5.41) is 0. The van der Waals surface area contributed by atoms with Gasteiger partial charge in [-0.1, -0.05) is 36.4 Å². The van der Waals surface area contributed by atoms with Crippen LogP contribution in [0.1, 0.15) is 35.3 Å². The Morgan fingerprint density at radius 3 is 2.35 bits per heavy atom. The van der Waals surface area contributed by atoms with E-state index in [2.05, 4.69) is 17.0 Å². The fourth-order valence-electron chi connectivity index (χ4n) is 3.34. The summed E-state index contributed by atoms with van der Waals surface area (Å²) >= 11 is 0. The normalized spacial score (nSPS) is 15.3. The second-order valence-corrected chi connectivity index (χ2v) is 7.16. The molecular formula is C22H28N2O2. The van der Waals surface area contributed by atoms with Crippen molar-refractivity contribution in [2.75, 3.05) is 26.2 Å². The topological polar surface area (TPSA) is 32.8 Å². The first-order valence-electron chi connectivity index (χ1n) is 9.36. The number of ether oxygens (including phenoxy) is 1. The molecule has 1 heterocycles.